The highest BCUT2D eigenvalue weighted by Gasteiger charge is 2.16. The number of rotatable bonds is 9. The quantitative estimate of drug-likeness (QED) is 0.650. The SMILES string of the molecule is CCCOc1cccc(C(=O)N(C)Cc2ccc(OC)c(OC(F)F)c2)c1. The maximum atomic E-state index is 12.7. The molecule has 0 bridgehead atoms. The lowest BCUT2D eigenvalue weighted by Gasteiger charge is -2.19. The number of benzene rings is 2. The van der Waals surface area contributed by atoms with Crippen molar-refractivity contribution < 1.29 is 27.8 Å². The molecule has 0 radical (unpaired) electrons. The highest BCUT2D eigenvalue weighted by Crippen LogP contribution is 2.30. The van der Waals surface area contributed by atoms with Crippen LogP contribution in [0.3, 0.4) is 0 Å². The van der Waals surface area contributed by atoms with Crippen LogP contribution in [0, 0.1) is 0 Å². The zero-order valence-electron chi connectivity index (χ0n) is 15.6. The number of alkyl halides is 2. The van der Waals surface area contributed by atoms with E-state index in [0.717, 1.165) is 6.42 Å². The van der Waals surface area contributed by atoms with Crippen molar-refractivity contribution in [1.82, 2.24) is 4.90 Å². The molecule has 2 aromatic carbocycles. The first-order chi connectivity index (χ1) is 12.9. The minimum absolute atomic E-state index is 0.0687. The zero-order chi connectivity index (χ0) is 19.8. The second kappa shape index (κ2) is 9.75. The van der Waals surface area contributed by atoms with Gasteiger partial charge in [0.25, 0.3) is 5.91 Å². The summed E-state index contributed by atoms with van der Waals surface area (Å²) in [5, 5.41) is 0. The number of carbonyl (C=O) groups excluding carboxylic acids is 1. The van der Waals surface area contributed by atoms with E-state index in [4.69, 9.17) is 9.47 Å². The smallest absolute Gasteiger partial charge is 0.387 e. The Bertz CT molecular complexity index is 767. The maximum Gasteiger partial charge on any atom is 0.387 e. The van der Waals surface area contributed by atoms with E-state index in [0.29, 0.717) is 23.5 Å². The van der Waals surface area contributed by atoms with Crippen LogP contribution in [0.25, 0.3) is 0 Å². The summed E-state index contributed by atoms with van der Waals surface area (Å²) in [6.45, 7) is -0.155. The highest BCUT2D eigenvalue weighted by atomic mass is 19.3. The van der Waals surface area contributed by atoms with E-state index in [1.807, 2.05) is 6.92 Å². The molecule has 0 saturated heterocycles. The summed E-state index contributed by atoms with van der Waals surface area (Å²) >= 11 is 0. The number of halogens is 2. The van der Waals surface area contributed by atoms with Crippen LogP contribution >= 0.6 is 0 Å². The fraction of sp³-hybridized carbons (Fsp3) is 0.350. The third-order valence-corrected chi connectivity index (χ3v) is 3.76. The van der Waals surface area contributed by atoms with Crippen LogP contribution in [-0.4, -0.2) is 38.2 Å². The first-order valence-corrected chi connectivity index (χ1v) is 8.54. The highest BCUT2D eigenvalue weighted by molar-refractivity contribution is 5.94. The molecule has 0 N–H and O–H groups in total. The number of carbonyl (C=O) groups is 1. The third kappa shape index (κ3) is 5.84. The molecule has 0 fully saturated rings. The van der Waals surface area contributed by atoms with Crippen molar-refractivity contribution in [3.05, 3.63) is 53.6 Å². The molecular formula is C20H23F2NO4. The predicted molar refractivity (Wildman–Crippen MR) is 97.7 cm³/mol. The first-order valence-electron chi connectivity index (χ1n) is 8.54. The molecule has 146 valence electrons. The van der Waals surface area contributed by atoms with Gasteiger partial charge in [-0.15, -0.1) is 0 Å². The number of hydrogen-bond acceptors (Lipinski definition) is 4. The summed E-state index contributed by atoms with van der Waals surface area (Å²) in [6, 6.07) is 11.6. The van der Waals surface area contributed by atoms with E-state index in [9.17, 15) is 13.6 Å². The molecule has 0 aliphatic heterocycles. The van der Waals surface area contributed by atoms with E-state index < -0.39 is 6.61 Å². The molecule has 7 heteroatoms. The zero-order valence-corrected chi connectivity index (χ0v) is 15.6. The Morgan fingerprint density at radius 2 is 1.93 bits per heavy atom. The Morgan fingerprint density at radius 1 is 1.15 bits per heavy atom. The average Bonchev–Trinajstić information content (AvgIpc) is 2.65. The van der Waals surface area contributed by atoms with Crippen LogP contribution in [0.1, 0.15) is 29.3 Å². The minimum atomic E-state index is -2.96. The van der Waals surface area contributed by atoms with Gasteiger partial charge in [-0.2, -0.15) is 8.78 Å². The van der Waals surface area contributed by atoms with Crippen LogP contribution in [0.5, 0.6) is 17.2 Å². The van der Waals surface area contributed by atoms with Crippen LogP contribution in [0.2, 0.25) is 0 Å². The van der Waals surface area contributed by atoms with Crippen molar-refractivity contribution in [3.8, 4) is 17.2 Å². The summed E-state index contributed by atoms with van der Waals surface area (Å²) in [5.41, 5.74) is 1.13. The largest absolute Gasteiger partial charge is 0.494 e. The van der Waals surface area contributed by atoms with Crippen molar-refractivity contribution in [1.29, 1.82) is 0 Å². The number of nitrogens with zero attached hydrogens (tertiary/aromatic N) is 1. The Labute approximate surface area is 157 Å². The van der Waals surface area contributed by atoms with Gasteiger partial charge in [0.15, 0.2) is 11.5 Å². The molecule has 2 aromatic rings. The van der Waals surface area contributed by atoms with Gasteiger partial charge >= 0.3 is 6.61 Å². The predicted octanol–water partition coefficient (Wildman–Crippen LogP) is 4.36. The first kappa shape index (κ1) is 20.5. The lowest BCUT2D eigenvalue weighted by Crippen LogP contribution is -2.26. The van der Waals surface area contributed by atoms with Gasteiger partial charge < -0.3 is 19.1 Å². The second-order valence-electron chi connectivity index (χ2n) is 5.90. The van der Waals surface area contributed by atoms with E-state index >= 15 is 0 Å². The lowest BCUT2D eigenvalue weighted by molar-refractivity contribution is -0.0512. The van der Waals surface area contributed by atoms with Gasteiger partial charge in [-0.1, -0.05) is 19.1 Å². The third-order valence-electron chi connectivity index (χ3n) is 3.76. The van der Waals surface area contributed by atoms with E-state index in [1.165, 1.54) is 24.1 Å². The van der Waals surface area contributed by atoms with Crippen LogP contribution in [0.4, 0.5) is 8.78 Å². The van der Waals surface area contributed by atoms with Gasteiger partial charge in [0.1, 0.15) is 5.75 Å². The average molecular weight is 379 g/mol. The van der Waals surface area contributed by atoms with Crippen LogP contribution in [-0.2, 0) is 6.54 Å². The van der Waals surface area contributed by atoms with Crippen molar-refractivity contribution in [3.63, 3.8) is 0 Å². The normalized spacial score (nSPS) is 10.6. The standard InChI is InChI=1S/C20H23F2NO4/c1-4-10-26-16-7-5-6-15(12-16)19(24)23(2)13-14-8-9-17(25-3)18(11-14)27-20(21)22/h5-9,11-12,20H,4,10,13H2,1-3H3. The molecule has 1 amide bonds. The van der Waals surface area contributed by atoms with Gasteiger partial charge in [-0.05, 0) is 42.3 Å². The molecule has 0 aliphatic carbocycles. The number of ether oxygens (including phenoxy) is 3. The molecule has 0 spiro atoms. The number of amides is 1. The lowest BCUT2D eigenvalue weighted by atomic mass is 10.1. The van der Waals surface area contributed by atoms with Crippen molar-refractivity contribution >= 4 is 5.91 Å². The van der Waals surface area contributed by atoms with Gasteiger partial charge in [0.2, 0.25) is 0 Å². The fourth-order valence-corrected chi connectivity index (χ4v) is 2.51. The molecule has 0 atom stereocenters. The second-order valence-corrected chi connectivity index (χ2v) is 5.90. The number of methoxy groups -OCH3 is 1. The molecular weight excluding hydrogens is 356 g/mol. The van der Waals surface area contributed by atoms with Gasteiger partial charge in [-0.3, -0.25) is 4.79 Å². The molecule has 0 saturated carbocycles. The topological polar surface area (TPSA) is 48.0 Å². The van der Waals surface area contributed by atoms with E-state index in [2.05, 4.69) is 4.74 Å². The van der Waals surface area contributed by atoms with Gasteiger partial charge in [0.05, 0.1) is 13.7 Å². The van der Waals surface area contributed by atoms with Crippen molar-refractivity contribution in [2.45, 2.75) is 26.5 Å². The summed E-state index contributed by atoms with van der Waals surface area (Å²) in [5.74, 6) is 0.562. The fourth-order valence-electron chi connectivity index (χ4n) is 2.51. The maximum absolute atomic E-state index is 12.7. The molecule has 0 aromatic heterocycles. The monoisotopic (exact) mass is 379 g/mol. The molecule has 0 unspecified atom stereocenters. The minimum Gasteiger partial charge on any atom is -0.494 e. The van der Waals surface area contributed by atoms with Crippen molar-refractivity contribution in [2.24, 2.45) is 0 Å². The number of hydrogen-bond donors (Lipinski definition) is 0. The molecule has 27 heavy (non-hydrogen) atoms. The summed E-state index contributed by atoms with van der Waals surface area (Å²) in [6.07, 6.45) is 0.874. The van der Waals surface area contributed by atoms with Gasteiger partial charge in [0, 0.05) is 19.2 Å². The molecule has 2 rings (SSSR count). The summed E-state index contributed by atoms with van der Waals surface area (Å²) in [4.78, 5) is 14.1. The van der Waals surface area contributed by atoms with Crippen LogP contribution in [0.15, 0.2) is 42.5 Å². The Kier molecular flexibility index (Phi) is 7.40. The molecule has 0 heterocycles. The molecule has 5 nitrogen and oxygen atoms in total. The van der Waals surface area contributed by atoms with Crippen LogP contribution < -0.4 is 14.2 Å². The van der Waals surface area contributed by atoms with Gasteiger partial charge in [-0.25, -0.2) is 0 Å². The summed E-state index contributed by atoms with van der Waals surface area (Å²) in [7, 11) is 3.01. The van der Waals surface area contributed by atoms with E-state index in [-0.39, 0.29) is 24.0 Å². The van der Waals surface area contributed by atoms with E-state index in [1.54, 1.807) is 37.4 Å². The Hall–Kier alpha value is -2.83. The Morgan fingerprint density at radius 3 is 2.59 bits per heavy atom. The van der Waals surface area contributed by atoms with Crippen molar-refractivity contribution in [2.75, 3.05) is 20.8 Å². The summed E-state index contributed by atoms with van der Waals surface area (Å²) < 4.78 is 40.1. The molecule has 0 aliphatic rings. The Balaban J connectivity index is 2.12.